The van der Waals surface area contributed by atoms with Crippen molar-refractivity contribution in [2.45, 2.75) is 44.4 Å². The number of aromatic nitrogens is 1. The van der Waals surface area contributed by atoms with Crippen molar-refractivity contribution >= 4 is 5.97 Å². The van der Waals surface area contributed by atoms with Gasteiger partial charge in [-0.3, -0.25) is 14.5 Å². The summed E-state index contributed by atoms with van der Waals surface area (Å²) in [7, 11) is 1.70. The molecule has 3 heterocycles. The highest BCUT2D eigenvalue weighted by Crippen LogP contribution is 2.49. The zero-order chi connectivity index (χ0) is 25.4. The fourth-order valence-corrected chi connectivity index (χ4v) is 5.33. The van der Waals surface area contributed by atoms with Gasteiger partial charge < -0.3 is 19.3 Å². The Morgan fingerprint density at radius 2 is 1.78 bits per heavy atom. The first-order valence-corrected chi connectivity index (χ1v) is 12.1. The molecule has 5 rings (SSSR count). The SMILES string of the molecule is COC1CC(C)(C)N2C1c1cc(OCCCOc3ccccc3)ccc1-c1cc(=O)c(C(=O)O)cn12. The van der Waals surface area contributed by atoms with Gasteiger partial charge in [-0.1, -0.05) is 18.2 Å². The number of carboxylic acid groups (broad SMARTS) is 1. The average Bonchev–Trinajstić information content (AvgIpc) is 3.14. The third-order valence-electron chi connectivity index (χ3n) is 6.92. The highest BCUT2D eigenvalue weighted by molar-refractivity contribution is 5.88. The zero-order valence-corrected chi connectivity index (χ0v) is 20.6. The molecule has 36 heavy (non-hydrogen) atoms. The van der Waals surface area contributed by atoms with E-state index in [1.807, 2.05) is 53.2 Å². The summed E-state index contributed by atoms with van der Waals surface area (Å²) in [6, 6.07) is 16.8. The van der Waals surface area contributed by atoms with Crippen LogP contribution in [-0.4, -0.2) is 47.7 Å². The molecule has 0 aliphatic carbocycles. The Balaban J connectivity index is 1.44. The summed E-state index contributed by atoms with van der Waals surface area (Å²) in [5.41, 5.74) is 1.41. The van der Waals surface area contributed by atoms with Crippen LogP contribution in [0.2, 0.25) is 0 Å². The molecule has 2 aliphatic heterocycles. The highest BCUT2D eigenvalue weighted by atomic mass is 16.5. The number of aromatic carboxylic acids is 1. The lowest BCUT2D eigenvalue weighted by Gasteiger charge is -2.44. The van der Waals surface area contributed by atoms with Crippen molar-refractivity contribution in [1.82, 2.24) is 4.68 Å². The molecule has 2 aromatic carbocycles. The van der Waals surface area contributed by atoms with Crippen molar-refractivity contribution in [3.05, 3.63) is 82.1 Å². The predicted octanol–water partition coefficient (Wildman–Crippen LogP) is 4.25. The Kier molecular flexibility index (Phi) is 6.22. The van der Waals surface area contributed by atoms with Gasteiger partial charge in [0, 0.05) is 37.8 Å². The number of hydrogen-bond acceptors (Lipinski definition) is 6. The molecular weight excluding hydrogens is 460 g/mol. The molecule has 1 N–H and O–H groups in total. The minimum atomic E-state index is -1.24. The van der Waals surface area contributed by atoms with Gasteiger partial charge in [0.25, 0.3) is 0 Å². The van der Waals surface area contributed by atoms with E-state index in [0.29, 0.717) is 18.9 Å². The number of para-hydroxylation sites is 1. The summed E-state index contributed by atoms with van der Waals surface area (Å²) < 4.78 is 19.5. The van der Waals surface area contributed by atoms with E-state index < -0.39 is 11.4 Å². The third-order valence-corrected chi connectivity index (χ3v) is 6.92. The van der Waals surface area contributed by atoms with Crippen molar-refractivity contribution in [2.24, 2.45) is 0 Å². The molecule has 1 aromatic heterocycles. The monoisotopic (exact) mass is 490 g/mol. The second-order valence-electron chi connectivity index (χ2n) is 9.78. The fraction of sp³-hybridized carbons (Fsp3) is 0.357. The topological polar surface area (TPSA) is 90.2 Å². The van der Waals surface area contributed by atoms with Gasteiger partial charge in [0.2, 0.25) is 0 Å². The van der Waals surface area contributed by atoms with E-state index in [1.54, 1.807) is 7.11 Å². The van der Waals surface area contributed by atoms with E-state index in [9.17, 15) is 14.7 Å². The van der Waals surface area contributed by atoms with Gasteiger partial charge in [-0.05, 0) is 49.7 Å². The summed E-state index contributed by atoms with van der Waals surface area (Å²) in [4.78, 5) is 24.3. The van der Waals surface area contributed by atoms with Crippen LogP contribution >= 0.6 is 0 Å². The molecule has 188 valence electrons. The summed E-state index contributed by atoms with van der Waals surface area (Å²) in [6.07, 6.45) is 2.79. The number of hydrogen-bond donors (Lipinski definition) is 1. The number of rotatable bonds is 8. The van der Waals surface area contributed by atoms with Crippen molar-refractivity contribution in [2.75, 3.05) is 25.3 Å². The lowest BCUT2D eigenvalue weighted by atomic mass is 9.92. The lowest BCUT2D eigenvalue weighted by Crippen LogP contribution is -2.50. The highest BCUT2D eigenvalue weighted by Gasteiger charge is 2.51. The summed E-state index contributed by atoms with van der Waals surface area (Å²) in [6.45, 7) is 5.24. The summed E-state index contributed by atoms with van der Waals surface area (Å²) in [5, 5.41) is 11.7. The minimum Gasteiger partial charge on any atom is -0.493 e. The van der Waals surface area contributed by atoms with Crippen LogP contribution in [0.4, 0.5) is 0 Å². The second-order valence-corrected chi connectivity index (χ2v) is 9.78. The van der Waals surface area contributed by atoms with Gasteiger partial charge in [-0.25, -0.2) is 4.79 Å². The number of nitrogens with zero attached hydrogens (tertiary/aromatic N) is 2. The first-order chi connectivity index (χ1) is 17.3. The molecule has 8 nitrogen and oxygen atoms in total. The Labute approximate surface area is 209 Å². The van der Waals surface area contributed by atoms with Gasteiger partial charge in [-0.15, -0.1) is 0 Å². The van der Waals surface area contributed by atoms with Gasteiger partial charge in [0.1, 0.15) is 17.1 Å². The molecule has 0 radical (unpaired) electrons. The Morgan fingerprint density at radius 3 is 2.47 bits per heavy atom. The Hall–Kier alpha value is -3.78. The van der Waals surface area contributed by atoms with Crippen LogP contribution in [0.25, 0.3) is 11.3 Å². The minimum absolute atomic E-state index is 0.117. The first-order valence-electron chi connectivity index (χ1n) is 12.1. The number of fused-ring (bicyclic) bond motifs is 6. The van der Waals surface area contributed by atoms with E-state index in [1.165, 1.54) is 12.3 Å². The smallest absolute Gasteiger partial charge is 0.341 e. The maximum atomic E-state index is 12.6. The molecule has 1 fully saturated rings. The molecule has 0 amide bonds. The molecule has 0 saturated carbocycles. The van der Waals surface area contributed by atoms with Crippen molar-refractivity contribution < 1.29 is 24.1 Å². The van der Waals surface area contributed by atoms with E-state index in [2.05, 4.69) is 18.9 Å². The maximum absolute atomic E-state index is 12.6. The van der Waals surface area contributed by atoms with Crippen LogP contribution in [0.15, 0.2) is 65.6 Å². The second kappa shape index (κ2) is 9.35. The zero-order valence-electron chi connectivity index (χ0n) is 20.6. The molecule has 8 heteroatoms. The normalized spacial score (nSPS) is 19.2. The number of ether oxygens (including phenoxy) is 3. The number of benzene rings is 2. The van der Waals surface area contributed by atoms with Gasteiger partial charge in [0.15, 0.2) is 5.43 Å². The number of pyridine rings is 1. The van der Waals surface area contributed by atoms with Crippen LogP contribution in [0.3, 0.4) is 0 Å². The summed E-state index contributed by atoms with van der Waals surface area (Å²) in [5.74, 6) is 0.324. The van der Waals surface area contributed by atoms with Crippen LogP contribution in [-0.2, 0) is 4.74 Å². The molecule has 0 bridgehead atoms. The van der Waals surface area contributed by atoms with Crippen LogP contribution in [0.5, 0.6) is 11.5 Å². The van der Waals surface area contributed by atoms with E-state index >= 15 is 0 Å². The summed E-state index contributed by atoms with van der Waals surface area (Å²) >= 11 is 0. The van der Waals surface area contributed by atoms with Gasteiger partial charge >= 0.3 is 5.97 Å². The maximum Gasteiger partial charge on any atom is 0.341 e. The first kappa shape index (κ1) is 23.9. The van der Waals surface area contributed by atoms with Crippen molar-refractivity contribution in [3.8, 4) is 22.8 Å². The van der Waals surface area contributed by atoms with Crippen LogP contribution in [0.1, 0.15) is 48.7 Å². The third kappa shape index (κ3) is 4.22. The van der Waals surface area contributed by atoms with Gasteiger partial charge in [0.05, 0.1) is 36.6 Å². The Bertz CT molecular complexity index is 1330. The fourth-order valence-electron chi connectivity index (χ4n) is 5.33. The van der Waals surface area contributed by atoms with Crippen molar-refractivity contribution in [3.63, 3.8) is 0 Å². The lowest BCUT2D eigenvalue weighted by molar-refractivity contribution is 0.0694. The van der Waals surface area contributed by atoms with E-state index in [4.69, 9.17) is 14.2 Å². The van der Waals surface area contributed by atoms with E-state index in [0.717, 1.165) is 35.5 Å². The molecule has 0 spiro atoms. The molecular formula is C28H30N2O6. The molecule has 3 aromatic rings. The average molecular weight is 491 g/mol. The Morgan fingerprint density at radius 1 is 1.06 bits per heavy atom. The molecule has 1 saturated heterocycles. The quantitative estimate of drug-likeness (QED) is 0.472. The van der Waals surface area contributed by atoms with E-state index in [-0.39, 0.29) is 23.2 Å². The van der Waals surface area contributed by atoms with Crippen molar-refractivity contribution in [1.29, 1.82) is 0 Å². The number of methoxy groups -OCH3 is 1. The standard InChI is InChI=1S/C28H30N2O6/c1-28(2)16-25(34-3)26-21-14-19(36-13-7-12-35-18-8-5-4-6-9-18)10-11-20(21)23-15-24(31)22(27(32)33)17-29(23)30(26)28/h4-6,8-11,14-15,17,25-26H,7,12-13,16H2,1-3H3,(H,32,33). The van der Waals surface area contributed by atoms with Crippen LogP contribution in [0, 0.1) is 0 Å². The molecule has 2 atom stereocenters. The largest absolute Gasteiger partial charge is 0.493 e. The van der Waals surface area contributed by atoms with Gasteiger partial charge in [-0.2, -0.15) is 0 Å². The predicted molar refractivity (Wildman–Crippen MR) is 136 cm³/mol. The molecule has 2 unspecified atom stereocenters. The molecule has 2 aliphatic rings. The number of carboxylic acids is 1. The number of carbonyl (C=O) groups is 1. The van der Waals surface area contributed by atoms with Crippen LogP contribution < -0.4 is 19.9 Å².